The van der Waals surface area contributed by atoms with Crippen LogP contribution in [0.3, 0.4) is 0 Å². The molecule has 3 rings (SSSR count). The van der Waals surface area contributed by atoms with Crippen LogP contribution in [0.1, 0.15) is 32.1 Å². The first-order chi connectivity index (χ1) is 12.1. The van der Waals surface area contributed by atoms with E-state index in [4.69, 9.17) is 9.26 Å². The molecule has 0 radical (unpaired) electrons. The third-order valence-electron chi connectivity index (χ3n) is 4.11. The Morgan fingerprint density at radius 2 is 2.00 bits per heavy atom. The van der Waals surface area contributed by atoms with E-state index in [1.807, 2.05) is 19.1 Å². The fourth-order valence-corrected chi connectivity index (χ4v) is 4.33. The standard InChI is InChI=1S/C16H22N4O4S/c1-2-11-25(21,22)20-9-5-14(6-10-20)23-12-15-18-16(19-24-15)13-3-7-17-8-4-13/h3-4,7-8,14H,2,5-6,9-12H2,1H3. The van der Waals surface area contributed by atoms with E-state index in [1.165, 1.54) is 0 Å². The summed E-state index contributed by atoms with van der Waals surface area (Å²) in [5.74, 6) is 1.12. The predicted molar refractivity (Wildman–Crippen MR) is 91.0 cm³/mol. The zero-order valence-electron chi connectivity index (χ0n) is 14.2. The van der Waals surface area contributed by atoms with E-state index in [0.29, 0.717) is 44.1 Å². The van der Waals surface area contributed by atoms with Crippen molar-refractivity contribution < 1.29 is 17.7 Å². The first-order valence-corrected chi connectivity index (χ1v) is 10.0. The normalized spacial score (nSPS) is 17.0. The van der Waals surface area contributed by atoms with E-state index in [-0.39, 0.29) is 18.5 Å². The average molecular weight is 366 g/mol. The summed E-state index contributed by atoms with van der Waals surface area (Å²) in [5, 5.41) is 3.93. The molecular formula is C16H22N4O4S. The minimum absolute atomic E-state index is 0.00403. The molecule has 0 atom stereocenters. The minimum atomic E-state index is -3.12. The third kappa shape index (κ3) is 4.62. The van der Waals surface area contributed by atoms with Crippen LogP contribution in [0.15, 0.2) is 29.0 Å². The maximum absolute atomic E-state index is 12.1. The second-order valence-corrected chi connectivity index (χ2v) is 8.06. The zero-order valence-corrected chi connectivity index (χ0v) is 15.0. The highest BCUT2D eigenvalue weighted by atomic mass is 32.2. The number of nitrogens with zero attached hydrogens (tertiary/aromatic N) is 4. The van der Waals surface area contributed by atoms with E-state index in [9.17, 15) is 8.42 Å². The van der Waals surface area contributed by atoms with Gasteiger partial charge >= 0.3 is 0 Å². The zero-order chi connectivity index (χ0) is 17.7. The number of ether oxygens (including phenoxy) is 1. The second kappa shape index (κ2) is 8.03. The van der Waals surface area contributed by atoms with Gasteiger partial charge in [-0.1, -0.05) is 12.1 Å². The molecule has 0 aliphatic carbocycles. The van der Waals surface area contributed by atoms with Gasteiger partial charge in [0.2, 0.25) is 15.8 Å². The van der Waals surface area contributed by atoms with Crippen molar-refractivity contribution in [2.45, 2.75) is 38.9 Å². The average Bonchev–Trinajstić information content (AvgIpc) is 3.10. The van der Waals surface area contributed by atoms with Crippen LogP contribution in [0.25, 0.3) is 11.4 Å². The summed E-state index contributed by atoms with van der Waals surface area (Å²) in [4.78, 5) is 8.26. The molecule has 0 aromatic carbocycles. The van der Waals surface area contributed by atoms with Crippen molar-refractivity contribution >= 4 is 10.0 Å². The van der Waals surface area contributed by atoms with Crippen LogP contribution < -0.4 is 0 Å². The number of sulfonamides is 1. The lowest BCUT2D eigenvalue weighted by Crippen LogP contribution is -2.41. The number of pyridine rings is 1. The lowest BCUT2D eigenvalue weighted by Gasteiger charge is -2.30. The molecule has 1 aliphatic heterocycles. The molecule has 0 N–H and O–H groups in total. The molecule has 9 heteroatoms. The van der Waals surface area contributed by atoms with Crippen LogP contribution in [-0.4, -0.2) is 52.8 Å². The van der Waals surface area contributed by atoms with Gasteiger partial charge in [-0.2, -0.15) is 4.98 Å². The minimum Gasteiger partial charge on any atom is -0.368 e. The van der Waals surface area contributed by atoms with Crippen molar-refractivity contribution in [1.29, 1.82) is 0 Å². The molecule has 0 amide bonds. The molecular weight excluding hydrogens is 344 g/mol. The molecule has 136 valence electrons. The van der Waals surface area contributed by atoms with Crippen LogP contribution in [0, 0.1) is 0 Å². The smallest absolute Gasteiger partial charge is 0.252 e. The highest BCUT2D eigenvalue weighted by Crippen LogP contribution is 2.19. The number of piperidine rings is 1. The van der Waals surface area contributed by atoms with Gasteiger partial charge in [0, 0.05) is 31.0 Å². The molecule has 2 aromatic rings. The molecule has 1 fully saturated rings. The quantitative estimate of drug-likeness (QED) is 0.737. The number of rotatable bonds is 7. The maximum atomic E-state index is 12.1. The molecule has 2 aromatic heterocycles. The largest absolute Gasteiger partial charge is 0.368 e. The van der Waals surface area contributed by atoms with Gasteiger partial charge in [0.25, 0.3) is 5.89 Å². The lowest BCUT2D eigenvalue weighted by atomic mass is 10.1. The molecule has 0 unspecified atom stereocenters. The van der Waals surface area contributed by atoms with Gasteiger partial charge in [0.1, 0.15) is 6.61 Å². The van der Waals surface area contributed by atoms with Crippen molar-refractivity contribution in [1.82, 2.24) is 19.4 Å². The Hall–Kier alpha value is -1.84. The van der Waals surface area contributed by atoms with Crippen molar-refractivity contribution in [3.63, 3.8) is 0 Å². The third-order valence-corrected chi connectivity index (χ3v) is 6.18. The van der Waals surface area contributed by atoms with Gasteiger partial charge in [-0.25, -0.2) is 12.7 Å². The molecule has 3 heterocycles. The van der Waals surface area contributed by atoms with E-state index in [2.05, 4.69) is 15.1 Å². The van der Waals surface area contributed by atoms with Crippen molar-refractivity contribution in [2.24, 2.45) is 0 Å². The summed E-state index contributed by atoms with van der Waals surface area (Å²) in [6.07, 6.45) is 5.33. The first kappa shape index (κ1) is 18.0. The molecule has 0 spiro atoms. The molecule has 0 bridgehead atoms. The van der Waals surface area contributed by atoms with Gasteiger partial charge in [0.05, 0.1) is 11.9 Å². The topological polar surface area (TPSA) is 98.4 Å². The first-order valence-electron chi connectivity index (χ1n) is 8.41. The van der Waals surface area contributed by atoms with Crippen LogP contribution in [0.5, 0.6) is 0 Å². The summed E-state index contributed by atoms with van der Waals surface area (Å²) in [6, 6.07) is 3.61. The Morgan fingerprint density at radius 3 is 2.68 bits per heavy atom. The maximum Gasteiger partial charge on any atom is 0.252 e. The number of hydrogen-bond donors (Lipinski definition) is 0. The van der Waals surface area contributed by atoms with Gasteiger partial charge in [-0.05, 0) is 31.4 Å². The van der Waals surface area contributed by atoms with Crippen molar-refractivity contribution in [2.75, 3.05) is 18.8 Å². The van der Waals surface area contributed by atoms with Crippen LogP contribution in [0.2, 0.25) is 0 Å². The fourth-order valence-electron chi connectivity index (χ4n) is 2.78. The molecule has 25 heavy (non-hydrogen) atoms. The molecule has 1 saturated heterocycles. The number of hydrogen-bond acceptors (Lipinski definition) is 7. The summed E-state index contributed by atoms with van der Waals surface area (Å²) >= 11 is 0. The Balaban J connectivity index is 1.49. The SMILES string of the molecule is CCCS(=O)(=O)N1CCC(OCc2nc(-c3ccncc3)no2)CC1. The van der Waals surface area contributed by atoms with E-state index >= 15 is 0 Å². The van der Waals surface area contributed by atoms with E-state index < -0.39 is 10.0 Å². The highest BCUT2D eigenvalue weighted by molar-refractivity contribution is 7.89. The van der Waals surface area contributed by atoms with Crippen LogP contribution >= 0.6 is 0 Å². The monoisotopic (exact) mass is 366 g/mol. The molecule has 1 aliphatic rings. The van der Waals surface area contributed by atoms with Gasteiger partial charge in [-0.3, -0.25) is 4.98 Å². The summed E-state index contributed by atoms with van der Waals surface area (Å²) < 4.78 is 36.7. The summed E-state index contributed by atoms with van der Waals surface area (Å²) in [7, 11) is -3.12. The molecule has 0 saturated carbocycles. The predicted octanol–water partition coefficient (Wildman–Crippen LogP) is 1.85. The molecule has 8 nitrogen and oxygen atoms in total. The second-order valence-electron chi connectivity index (χ2n) is 5.97. The fraction of sp³-hybridized carbons (Fsp3) is 0.562. The Kier molecular flexibility index (Phi) is 5.77. The number of aromatic nitrogens is 3. The summed E-state index contributed by atoms with van der Waals surface area (Å²) in [6.45, 7) is 3.10. The van der Waals surface area contributed by atoms with Crippen LogP contribution in [0.4, 0.5) is 0 Å². The van der Waals surface area contributed by atoms with Gasteiger partial charge in [-0.15, -0.1) is 0 Å². The van der Waals surface area contributed by atoms with Crippen molar-refractivity contribution in [3.05, 3.63) is 30.4 Å². The Labute approximate surface area is 147 Å². The van der Waals surface area contributed by atoms with Gasteiger partial charge < -0.3 is 9.26 Å². The van der Waals surface area contributed by atoms with E-state index in [0.717, 1.165) is 5.56 Å². The highest BCUT2D eigenvalue weighted by Gasteiger charge is 2.27. The Morgan fingerprint density at radius 1 is 1.28 bits per heavy atom. The Bertz CT molecular complexity index is 770. The van der Waals surface area contributed by atoms with Crippen molar-refractivity contribution in [3.8, 4) is 11.4 Å². The lowest BCUT2D eigenvalue weighted by molar-refractivity contribution is -0.00118. The van der Waals surface area contributed by atoms with E-state index in [1.54, 1.807) is 16.7 Å². The summed E-state index contributed by atoms with van der Waals surface area (Å²) in [5.41, 5.74) is 0.833. The van der Waals surface area contributed by atoms with Crippen LogP contribution in [-0.2, 0) is 21.4 Å². The van der Waals surface area contributed by atoms with Gasteiger partial charge in [0.15, 0.2) is 0 Å².